The normalized spacial score (nSPS) is 21.8. The molecule has 2 heterocycles. The molecule has 0 aromatic carbocycles. The minimum atomic E-state index is 0.375. The average Bonchev–Trinajstić information content (AvgIpc) is 3.01. The fourth-order valence-corrected chi connectivity index (χ4v) is 2.05. The van der Waals surface area contributed by atoms with E-state index < -0.39 is 0 Å². The largest absolute Gasteiger partial charge is 0.467 e. The van der Waals surface area contributed by atoms with Gasteiger partial charge in [-0.3, -0.25) is 0 Å². The molecule has 1 aliphatic heterocycles. The Hall–Kier alpha value is -0.840. The maximum Gasteiger partial charge on any atom is 0.129 e. The third kappa shape index (κ3) is 4.15. The van der Waals surface area contributed by atoms with Crippen LogP contribution in [-0.4, -0.2) is 31.9 Å². The lowest BCUT2D eigenvalue weighted by molar-refractivity contribution is 0.0726. The first-order chi connectivity index (χ1) is 8.36. The maximum atomic E-state index is 5.61. The van der Waals surface area contributed by atoms with Crippen LogP contribution in [-0.2, 0) is 16.1 Å². The van der Waals surface area contributed by atoms with Gasteiger partial charge in [-0.15, -0.1) is 0 Å². The first-order valence-electron chi connectivity index (χ1n) is 6.31. The van der Waals surface area contributed by atoms with Crippen molar-refractivity contribution in [2.75, 3.05) is 19.8 Å². The van der Waals surface area contributed by atoms with E-state index in [1.54, 1.807) is 6.26 Å². The summed E-state index contributed by atoms with van der Waals surface area (Å²) in [6.07, 6.45) is 4.39. The van der Waals surface area contributed by atoms with Gasteiger partial charge in [-0.25, -0.2) is 0 Å². The van der Waals surface area contributed by atoms with Crippen LogP contribution in [0.25, 0.3) is 0 Å². The smallest absolute Gasteiger partial charge is 0.129 e. The number of rotatable bonds is 7. The molecular formula is C13H21NO3. The quantitative estimate of drug-likeness (QED) is 0.739. The minimum absolute atomic E-state index is 0.375. The van der Waals surface area contributed by atoms with Gasteiger partial charge in [0.1, 0.15) is 12.4 Å². The maximum absolute atomic E-state index is 5.61. The summed E-state index contributed by atoms with van der Waals surface area (Å²) in [6.45, 7) is 5.16. The summed E-state index contributed by atoms with van der Waals surface area (Å²) in [4.78, 5) is 0. The summed E-state index contributed by atoms with van der Waals surface area (Å²) >= 11 is 0. The second-order valence-electron chi connectivity index (χ2n) is 4.43. The van der Waals surface area contributed by atoms with Gasteiger partial charge in [0.15, 0.2) is 0 Å². The molecule has 1 aromatic rings. The molecule has 0 radical (unpaired) electrons. The molecule has 17 heavy (non-hydrogen) atoms. The van der Waals surface area contributed by atoms with Gasteiger partial charge in [-0.2, -0.15) is 0 Å². The van der Waals surface area contributed by atoms with Gasteiger partial charge in [0.25, 0.3) is 0 Å². The molecule has 1 fully saturated rings. The summed E-state index contributed by atoms with van der Waals surface area (Å²) in [5.74, 6) is 0.872. The molecule has 0 bridgehead atoms. The minimum Gasteiger partial charge on any atom is -0.467 e. The number of hydrogen-bond acceptors (Lipinski definition) is 4. The molecule has 1 saturated heterocycles. The summed E-state index contributed by atoms with van der Waals surface area (Å²) in [5.41, 5.74) is 0. The zero-order valence-corrected chi connectivity index (χ0v) is 10.4. The highest BCUT2D eigenvalue weighted by Gasteiger charge is 2.21. The molecule has 0 amide bonds. The SMILES string of the molecule is CC(NCCOCc1ccco1)C1CCCO1. The first-order valence-corrected chi connectivity index (χ1v) is 6.31. The van der Waals surface area contributed by atoms with Crippen molar-refractivity contribution in [2.24, 2.45) is 0 Å². The van der Waals surface area contributed by atoms with Crippen molar-refractivity contribution in [1.29, 1.82) is 0 Å². The molecule has 2 unspecified atom stereocenters. The topological polar surface area (TPSA) is 43.6 Å². The monoisotopic (exact) mass is 239 g/mol. The van der Waals surface area contributed by atoms with Crippen molar-refractivity contribution in [1.82, 2.24) is 5.32 Å². The number of hydrogen-bond donors (Lipinski definition) is 1. The Morgan fingerprint density at radius 1 is 1.59 bits per heavy atom. The molecule has 0 aliphatic carbocycles. The van der Waals surface area contributed by atoms with Crippen molar-refractivity contribution >= 4 is 0 Å². The Morgan fingerprint density at radius 2 is 2.53 bits per heavy atom. The molecular weight excluding hydrogens is 218 g/mol. The second kappa shape index (κ2) is 6.79. The lowest BCUT2D eigenvalue weighted by Crippen LogP contribution is -2.38. The Kier molecular flexibility index (Phi) is 5.04. The Bertz CT molecular complexity index is 294. The molecule has 1 N–H and O–H groups in total. The number of furan rings is 1. The van der Waals surface area contributed by atoms with E-state index in [1.807, 2.05) is 12.1 Å². The Morgan fingerprint density at radius 3 is 3.24 bits per heavy atom. The molecule has 96 valence electrons. The van der Waals surface area contributed by atoms with Gasteiger partial charge in [0, 0.05) is 19.2 Å². The zero-order chi connectivity index (χ0) is 11.9. The zero-order valence-electron chi connectivity index (χ0n) is 10.4. The lowest BCUT2D eigenvalue weighted by atomic mass is 10.1. The summed E-state index contributed by atoms with van der Waals surface area (Å²) < 4.78 is 16.3. The van der Waals surface area contributed by atoms with Crippen LogP contribution in [0.5, 0.6) is 0 Å². The highest BCUT2D eigenvalue weighted by atomic mass is 16.5. The predicted molar refractivity (Wildman–Crippen MR) is 64.8 cm³/mol. The first kappa shape index (κ1) is 12.6. The van der Waals surface area contributed by atoms with Gasteiger partial charge in [-0.1, -0.05) is 0 Å². The molecule has 1 aliphatic rings. The predicted octanol–water partition coefficient (Wildman–Crippen LogP) is 1.95. The van der Waals surface area contributed by atoms with Crippen LogP contribution in [0.2, 0.25) is 0 Å². The summed E-state index contributed by atoms with van der Waals surface area (Å²) in [5, 5.41) is 3.42. The van der Waals surface area contributed by atoms with Gasteiger partial charge < -0.3 is 19.2 Å². The standard InChI is InChI=1S/C13H21NO3/c1-11(13-5-3-8-17-13)14-6-9-15-10-12-4-2-7-16-12/h2,4,7,11,13-14H,3,5-6,8-10H2,1H3. The molecule has 1 aromatic heterocycles. The third-order valence-electron chi connectivity index (χ3n) is 3.06. The van der Waals surface area contributed by atoms with E-state index >= 15 is 0 Å². The molecule has 4 nitrogen and oxygen atoms in total. The van der Waals surface area contributed by atoms with E-state index in [-0.39, 0.29) is 0 Å². The van der Waals surface area contributed by atoms with E-state index in [9.17, 15) is 0 Å². The number of nitrogens with one attached hydrogen (secondary N) is 1. The Labute approximate surface area is 102 Å². The van der Waals surface area contributed by atoms with E-state index in [1.165, 1.54) is 12.8 Å². The van der Waals surface area contributed by atoms with Gasteiger partial charge >= 0.3 is 0 Å². The van der Waals surface area contributed by atoms with Crippen molar-refractivity contribution in [3.05, 3.63) is 24.2 Å². The van der Waals surface area contributed by atoms with Crippen LogP contribution < -0.4 is 5.32 Å². The summed E-state index contributed by atoms with van der Waals surface area (Å²) in [7, 11) is 0. The molecule has 2 rings (SSSR count). The lowest BCUT2D eigenvalue weighted by Gasteiger charge is -2.19. The number of ether oxygens (including phenoxy) is 2. The van der Waals surface area contributed by atoms with E-state index in [4.69, 9.17) is 13.9 Å². The average molecular weight is 239 g/mol. The van der Waals surface area contributed by atoms with Gasteiger partial charge in [0.2, 0.25) is 0 Å². The van der Waals surface area contributed by atoms with E-state index in [0.717, 1.165) is 18.9 Å². The van der Waals surface area contributed by atoms with Gasteiger partial charge in [-0.05, 0) is 31.9 Å². The van der Waals surface area contributed by atoms with Crippen molar-refractivity contribution in [3.63, 3.8) is 0 Å². The molecule has 4 heteroatoms. The van der Waals surface area contributed by atoms with Crippen molar-refractivity contribution in [3.8, 4) is 0 Å². The van der Waals surface area contributed by atoms with E-state index in [0.29, 0.717) is 25.4 Å². The highest BCUT2D eigenvalue weighted by Crippen LogP contribution is 2.15. The van der Waals surface area contributed by atoms with Crippen molar-refractivity contribution < 1.29 is 13.9 Å². The highest BCUT2D eigenvalue weighted by molar-refractivity contribution is 4.95. The van der Waals surface area contributed by atoms with Gasteiger partial charge in [0.05, 0.1) is 19.0 Å². The van der Waals surface area contributed by atoms with Crippen LogP contribution >= 0.6 is 0 Å². The van der Waals surface area contributed by atoms with Crippen LogP contribution in [0.4, 0.5) is 0 Å². The van der Waals surface area contributed by atoms with Crippen LogP contribution in [0.15, 0.2) is 22.8 Å². The van der Waals surface area contributed by atoms with Crippen LogP contribution in [0.3, 0.4) is 0 Å². The molecule has 2 atom stereocenters. The Balaban J connectivity index is 1.51. The second-order valence-corrected chi connectivity index (χ2v) is 4.43. The van der Waals surface area contributed by atoms with E-state index in [2.05, 4.69) is 12.2 Å². The summed E-state index contributed by atoms with van der Waals surface area (Å²) in [6, 6.07) is 4.20. The molecule has 0 spiro atoms. The van der Waals surface area contributed by atoms with Crippen LogP contribution in [0.1, 0.15) is 25.5 Å². The fourth-order valence-electron chi connectivity index (χ4n) is 2.05. The fraction of sp³-hybridized carbons (Fsp3) is 0.692. The van der Waals surface area contributed by atoms with Crippen LogP contribution in [0, 0.1) is 0 Å². The van der Waals surface area contributed by atoms with Crippen molar-refractivity contribution in [2.45, 2.75) is 38.5 Å². The third-order valence-corrected chi connectivity index (χ3v) is 3.06. The molecule has 0 saturated carbocycles.